The van der Waals surface area contributed by atoms with Gasteiger partial charge in [-0.1, -0.05) is 23.7 Å². The third-order valence-electron chi connectivity index (χ3n) is 4.47. The number of nitrogens with one attached hydrogen (secondary N) is 1. The van der Waals surface area contributed by atoms with Gasteiger partial charge >= 0.3 is 0 Å². The summed E-state index contributed by atoms with van der Waals surface area (Å²) in [5.41, 5.74) is 1.67. The largest absolute Gasteiger partial charge is 0.317 e. The second kappa shape index (κ2) is 8.51. The summed E-state index contributed by atoms with van der Waals surface area (Å²) >= 11 is 5.95. The maximum atomic E-state index is 14.4. The smallest absolute Gasteiger partial charge is 0.146 e. The fraction of sp³-hybridized carbons (Fsp3) is 0.444. The fourth-order valence-corrected chi connectivity index (χ4v) is 3.41. The second-order valence-corrected chi connectivity index (χ2v) is 6.61. The highest BCUT2D eigenvalue weighted by molar-refractivity contribution is 6.30. The molecule has 1 aliphatic heterocycles. The minimum atomic E-state index is -0.319. The zero-order valence-electron chi connectivity index (χ0n) is 13.6. The molecule has 0 saturated carbocycles. The molecule has 0 unspecified atom stereocenters. The molecular weight excluding hydrogens is 327 g/mol. The van der Waals surface area contributed by atoms with Crippen LogP contribution in [0.1, 0.15) is 30.4 Å². The third kappa shape index (κ3) is 4.50. The second-order valence-electron chi connectivity index (χ2n) is 6.20. The summed E-state index contributed by atoms with van der Waals surface area (Å²) in [6.07, 6.45) is 8.45. The molecule has 0 radical (unpaired) electrons. The molecule has 0 aliphatic carbocycles. The highest BCUT2D eigenvalue weighted by Crippen LogP contribution is 2.23. The first-order valence-corrected chi connectivity index (χ1v) is 8.73. The van der Waals surface area contributed by atoms with Gasteiger partial charge in [0.25, 0.3) is 0 Å². The molecule has 1 aliphatic rings. The molecule has 1 atom stereocenters. The van der Waals surface area contributed by atoms with Gasteiger partial charge in [0.15, 0.2) is 0 Å². The van der Waals surface area contributed by atoms with Crippen LogP contribution >= 0.6 is 11.6 Å². The maximum absolute atomic E-state index is 14.4. The van der Waals surface area contributed by atoms with Crippen LogP contribution in [0.25, 0.3) is 0 Å². The molecule has 4 nitrogen and oxygen atoms in total. The van der Waals surface area contributed by atoms with Gasteiger partial charge in [-0.2, -0.15) is 0 Å². The molecular formula is C18H22ClFN4. The van der Waals surface area contributed by atoms with Gasteiger partial charge in [-0.05, 0) is 38.4 Å². The molecule has 0 amide bonds. The summed E-state index contributed by atoms with van der Waals surface area (Å²) in [6, 6.07) is 5.61. The third-order valence-corrected chi connectivity index (χ3v) is 4.76. The number of halogens is 2. The Hall–Kier alpha value is -1.56. The van der Waals surface area contributed by atoms with Crippen LogP contribution in [-0.2, 0) is 13.1 Å². The van der Waals surface area contributed by atoms with Crippen molar-refractivity contribution in [2.24, 2.45) is 0 Å². The van der Waals surface area contributed by atoms with E-state index in [4.69, 9.17) is 11.6 Å². The van der Waals surface area contributed by atoms with E-state index in [0.717, 1.165) is 37.9 Å². The summed E-state index contributed by atoms with van der Waals surface area (Å²) in [4.78, 5) is 10.5. The van der Waals surface area contributed by atoms with Crippen molar-refractivity contribution in [2.75, 3.05) is 13.1 Å². The number of hydrogen-bond acceptors (Lipinski definition) is 4. The Morgan fingerprint density at radius 1 is 1.17 bits per heavy atom. The molecule has 1 aromatic carbocycles. The lowest BCUT2D eigenvalue weighted by Gasteiger charge is -2.31. The van der Waals surface area contributed by atoms with E-state index in [2.05, 4.69) is 20.2 Å². The molecule has 2 heterocycles. The van der Waals surface area contributed by atoms with Gasteiger partial charge in [0.05, 0.1) is 5.02 Å². The number of benzene rings is 1. The van der Waals surface area contributed by atoms with Gasteiger partial charge in [-0.25, -0.2) is 14.4 Å². The molecule has 3 rings (SSSR count). The lowest BCUT2D eigenvalue weighted by atomic mass is 10.0. The van der Waals surface area contributed by atoms with E-state index < -0.39 is 0 Å². The van der Waals surface area contributed by atoms with E-state index >= 15 is 0 Å². The Bertz CT molecular complexity index is 645. The van der Waals surface area contributed by atoms with Crippen molar-refractivity contribution in [1.82, 2.24) is 20.2 Å². The SMILES string of the molecule is Fc1c(Cl)cccc1CN(Cc1cncnc1)[C@@H]1CCCNCC1. The quantitative estimate of drug-likeness (QED) is 0.899. The zero-order valence-corrected chi connectivity index (χ0v) is 14.3. The summed E-state index contributed by atoms with van der Waals surface area (Å²) in [6.45, 7) is 3.28. The number of aromatic nitrogens is 2. The van der Waals surface area contributed by atoms with Crippen molar-refractivity contribution in [3.05, 3.63) is 58.9 Å². The zero-order chi connectivity index (χ0) is 16.8. The summed E-state index contributed by atoms with van der Waals surface area (Å²) in [5.74, 6) is -0.319. The minimum Gasteiger partial charge on any atom is -0.317 e. The van der Waals surface area contributed by atoms with Crippen molar-refractivity contribution >= 4 is 11.6 Å². The Kier molecular flexibility index (Phi) is 6.12. The van der Waals surface area contributed by atoms with Crippen LogP contribution in [0.15, 0.2) is 36.9 Å². The first-order valence-electron chi connectivity index (χ1n) is 8.35. The van der Waals surface area contributed by atoms with Crippen LogP contribution in [0, 0.1) is 5.82 Å². The normalized spacial score (nSPS) is 18.5. The lowest BCUT2D eigenvalue weighted by Crippen LogP contribution is -2.35. The van der Waals surface area contributed by atoms with Crippen LogP contribution in [-0.4, -0.2) is 34.0 Å². The molecule has 6 heteroatoms. The average Bonchev–Trinajstić information content (AvgIpc) is 2.88. The Balaban J connectivity index is 1.81. The summed E-state index contributed by atoms with van der Waals surface area (Å²) < 4.78 is 14.4. The van der Waals surface area contributed by atoms with Crippen molar-refractivity contribution in [1.29, 1.82) is 0 Å². The maximum Gasteiger partial charge on any atom is 0.146 e. The molecule has 2 aromatic rings. The average molecular weight is 349 g/mol. The molecule has 1 fully saturated rings. The standard InChI is InChI=1S/C18H22ClFN4/c19-17-5-1-3-15(18(17)20)12-24(11-14-9-22-13-23-10-14)16-4-2-7-21-8-6-16/h1,3,5,9-10,13,16,21H,2,4,6-8,11-12H2/t16-/m1/s1. The summed E-state index contributed by atoms with van der Waals surface area (Å²) in [5, 5.41) is 3.61. The van der Waals surface area contributed by atoms with Crippen molar-refractivity contribution in [2.45, 2.75) is 38.4 Å². The minimum absolute atomic E-state index is 0.179. The number of rotatable bonds is 5. The lowest BCUT2D eigenvalue weighted by molar-refractivity contribution is 0.162. The van der Waals surface area contributed by atoms with E-state index in [1.807, 2.05) is 18.5 Å². The molecule has 128 valence electrons. The predicted molar refractivity (Wildman–Crippen MR) is 93.2 cm³/mol. The van der Waals surface area contributed by atoms with Gasteiger partial charge in [0.2, 0.25) is 0 Å². The molecule has 1 N–H and O–H groups in total. The van der Waals surface area contributed by atoms with Gasteiger partial charge in [0.1, 0.15) is 12.1 Å². The number of nitrogens with zero attached hydrogens (tertiary/aromatic N) is 3. The van der Waals surface area contributed by atoms with Crippen LogP contribution < -0.4 is 5.32 Å². The van der Waals surface area contributed by atoms with E-state index in [-0.39, 0.29) is 10.8 Å². The predicted octanol–water partition coefficient (Wildman–Crippen LogP) is 3.41. The molecule has 0 bridgehead atoms. The first kappa shape index (κ1) is 17.3. The van der Waals surface area contributed by atoms with E-state index in [0.29, 0.717) is 24.7 Å². The topological polar surface area (TPSA) is 41.1 Å². The van der Waals surface area contributed by atoms with Gasteiger partial charge < -0.3 is 5.32 Å². The summed E-state index contributed by atoms with van der Waals surface area (Å²) in [7, 11) is 0. The van der Waals surface area contributed by atoms with Crippen molar-refractivity contribution in [3.63, 3.8) is 0 Å². The van der Waals surface area contributed by atoms with Gasteiger partial charge in [-0.15, -0.1) is 0 Å². The number of hydrogen-bond donors (Lipinski definition) is 1. The Morgan fingerprint density at radius 2 is 2.00 bits per heavy atom. The van der Waals surface area contributed by atoms with E-state index in [1.54, 1.807) is 12.1 Å². The van der Waals surface area contributed by atoms with Crippen LogP contribution in [0.3, 0.4) is 0 Å². The van der Waals surface area contributed by atoms with Crippen molar-refractivity contribution < 1.29 is 4.39 Å². The fourth-order valence-electron chi connectivity index (χ4n) is 3.22. The highest BCUT2D eigenvalue weighted by Gasteiger charge is 2.22. The van der Waals surface area contributed by atoms with Crippen molar-refractivity contribution in [3.8, 4) is 0 Å². The Labute approximate surface area is 147 Å². The van der Waals surface area contributed by atoms with Crippen LogP contribution in [0.2, 0.25) is 5.02 Å². The Morgan fingerprint density at radius 3 is 2.83 bits per heavy atom. The first-order chi connectivity index (χ1) is 11.7. The van der Waals surface area contributed by atoms with E-state index in [1.165, 1.54) is 6.33 Å². The van der Waals surface area contributed by atoms with Crippen LogP contribution in [0.5, 0.6) is 0 Å². The van der Waals surface area contributed by atoms with Crippen LogP contribution in [0.4, 0.5) is 4.39 Å². The molecule has 1 saturated heterocycles. The molecule has 0 spiro atoms. The molecule has 1 aromatic heterocycles. The van der Waals surface area contributed by atoms with E-state index in [9.17, 15) is 4.39 Å². The van der Waals surface area contributed by atoms with Gasteiger partial charge in [0, 0.05) is 42.7 Å². The highest BCUT2D eigenvalue weighted by atomic mass is 35.5. The van der Waals surface area contributed by atoms with Gasteiger partial charge in [-0.3, -0.25) is 4.90 Å². The monoisotopic (exact) mass is 348 g/mol. The molecule has 24 heavy (non-hydrogen) atoms.